The Hall–Kier alpha value is -3.02. The van der Waals surface area contributed by atoms with E-state index < -0.39 is 60.6 Å². The minimum atomic E-state index is -1.50. The molecule has 0 radical (unpaired) electrons. The third kappa shape index (κ3) is 7.78. The highest BCUT2D eigenvalue weighted by Crippen LogP contribution is 2.04. The van der Waals surface area contributed by atoms with Gasteiger partial charge in [0.25, 0.3) is 0 Å². The maximum atomic E-state index is 12.4. The largest absolute Gasteiger partial charge is 0.480 e. The molecule has 0 spiro atoms. The third-order valence-electron chi connectivity index (χ3n) is 4.19. The zero-order valence-corrected chi connectivity index (χ0v) is 16.7. The molecule has 0 aliphatic heterocycles. The lowest BCUT2D eigenvalue weighted by Gasteiger charge is -2.25. The van der Waals surface area contributed by atoms with Crippen LogP contribution in [0.4, 0.5) is 0 Å². The van der Waals surface area contributed by atoms with Gasteiger partial charge in [-0.15, -0.1) is 0 Å². The number of rotatable bonds is 11. The van der Waals surface area contributed by atoms with E-state index in [4.69, 9.17) is 5.73 Å². The molecule has 11 nitrogen and oxygen atoms in total. The van der Waals surface area contributed by atoms with Gasteiger partial charge in [0, 0.05) is 6.42 Å². The summed E-state index contributed by atoms with van der Waals surface area (Å²) in [6, 6.07) is 3.44. The zero-order valence-electron chi connectivity index (χ0n) is 16.7. The van der Waals surface area contributed by atoms with Gasteiger partial charge in [-0.05, 0) is 19.4 Å². The summed E-state index contributed by atoms with van der Waals surface area (Å²) in [5.41, 5.74) is 6.09. The van der Waals surface area contributed by atoms with Crippen LogP contribution >= 0.6 is 0 Å². The molecule has 11 heteroatoms. The topological polar surface area (TPSA) is 191 Å². The SMILES string of the molecule is CC(N)C(=O)NC(C(=O)NC(CO)C(=O)NC(Cc1ccccc1)C(=O)O)C(C)O. The van der Waals surface area contributed by atoms with E-state index >= 15 is 0 Å². The minimum Gasteiger partial charge on any atom is -0.480 e. The summed E-state index contributed by atoms with van der Waals surface area (Å²) in [5.74, 6) is -3.86. The van der Waals surface area contributed by atoms with Crippen LogP contribution in [0.5, 0.6) is 0 Å². The van der Waals surface area contributed by atoms with E-state index in [1.807, 2.05) is 0 Å². The van der Waals surface area contributed by atoms with Crippen LogP contribution in [0.15, 0.2) is 30.3 Å². The highest BCUT2D eigenvalue weighted by molar-refractivity contribution is 5.94. The van der Waals surface area contributed by atoms with E-state index in [1.54, 1.807) is 30.3 Å². The number of carboxylic acids is 1. The van der Waals surface area contributed by atoms with Gasteiger partial charge in [0.05, 0.1) is 18.8 Å². The number of aliphatic hydroxyl groups excluding tert-OH is 2. The predicted octanol–water partition coefficient (Wildman–Crippen LogP) is -2.51. The van der Waals surface area contributed by atoms with Gasteiger partial charge in [0.1, 0.15) is 18.1 Å². The number of carbonyl (C=O) groups is 4. The molecule has 5 unspecified atom stereocenters. The van der Waals surface area contributed by atoms with E-state index in [9.17, 15) is 34.5 Å². The Morgan fingerprint density at radius 2 is 1.50 bits per heavy atom. The lowest BCUT2D eigenvalue weighted by atomic mass is 10.1. The number of hydrogen-bond acceptors (Lipinski definition) is 7. The van der Waals surface area contributed by atoms with Crippen molar-refractivity contribution in [1.82, 2.24) is 16.0 Å². The Morgan fingerprint density at radius 1 is 0.933 bits per heavy atom. The van der Waals surface area contributed by atoms with Crippen molar-refractivity contribution in [2.75, 3.05) is 6.61 Å². The molecule has 0 saturated carbocycles. The van der Waals surface area contributed by atoms with Crippen LogP contribution in [-0.2, 0) is 25.6 Å². The number of amides is 3. The van der Waals surface area contributed by atoms with Gasteiger partial charge in [-0.3, -0.25) is 14.4 Å². The smallest absolute Gasteiger partial charge is 0.326 e. The Bertz CT molecular complexity index is 740. The molecule has 0 bridgehead atoms. The Kier molecular flexibility index (Phi) is 9.89. The van der Waals surface area contributed by atoms with Crippen LogP contribution in [0, 0.1) is 0 Å². The second-order valence-electron chi connectivity index (χ2n) is 6.85. The number of hydrogen-bond donors (Lipinski definition) is 7. The Morgan fingerprint density at radius 3 is 1.97 bits per heavy atom. The van der Waals surface area contributed by atoms with Crippen molar-refractivity contribution < 1.29 is 34.5 Å². The lowest BCUT2D eigenvalue weighted by Crippen LogP contribution is -2.60. The van der Waals surface area contributed by atoms with Crippen molar-refractivity contribution in [3.8, 4) is 0 Å². The highest BCUT2D eigenvalue weighted by atomic mass is 16.4. The molecule has 1 aromatic carbocycles. The summed E-state index contributed by atoms with van der Waals surface area (Å²) in [4.78, 5) is 48.0. The number of benzene rings is 1. The van der Waals surface area contributed by atoms with Crippen molar-refractivity contribution >= 4 is 23.7 Å². The third-order valence-corrected chi connectivity index (χ3v) is 4.19. The molecular weight excluding hydrogens is 396 g/mol. The van der Waals surface area contributed by atoms with Gasteiger partial charge in [-0.1, -0.05) is 30.3 Å². The average Bonchev–Trinajstić information content (AvgIpc) is 2.69. The molecule has 5 atom stereocenters. The Labute approximate surface area is 173 Å². The molecule has 30 heavy (non-hydrogen) atoms. The van der Waals surface area contributed by atoms with Crippen molar-refractivity contribution in [3.05, 3.63) is 35.9 Å². The first-order valence-electron chi connectivity index (χ1n) is 9.29. The molecule has 3 amide bonds. The normalized spacial score (nSPS) is 15.8. The van der Waals surface area contributed by atoms with Crippen molar-refractivity contribution in [2.24, 2.45) is 5.73 Å². The van der Waals surface area contributed by atoms with Gasteiger partial charge in [0.15, 0.2) is 0 Å². The zero-order chi connectivity index (χ0) is 22.8. The van der Waals surface area contributed by atoms with Gasteiger partial charge >= 0.3 is 5.97 Å². The van der Waals surface area contributed by atoms with E-state index in [1.165, 1.54) is 13.8 Å². The molecule has 1 rings (SSSR count). The second kappa shape index (κ2) is 11.9. The van der Waals surface area contributed by atoms with Crippen LogP contribution in [0.25, 0.3) is 0 Å². The van der Waals surface area contributed by atoms with Gasteiger partial charge in [-0.2, -0.15) is 0 Å². The Balaban J connectivity index is 2.83. The summed E-state index contributed by atoms with van der Waals surface area (Å²) in [5, 5.41) is 35.3. The van der Waals surface area contributed by atoms with Crippen LogP contribution in [0.1, 0.15) is 19.4 Å². The molecule has 1 aromatic rings. The van der Waals surface area contributed by atoms with E-state index in [2.05, 4.69) is 16.0 Å². The highest BCUT2D eigenvalue weighted by Gasteiger charge is 2.31. The van der Waals surface area contributed by atoms with Crippen LogP contribution < -0.4 is 21.7 Å². The molecule has 0 fully saturated rings. The summed E-state index contributed by atoms with van der Waals surface area (Å²) < 4.78 is 0. The number of carboxylic acid groups (broad SMARTS) is 1. The van der Waals surface area contributed by atoms with Crippen molar-refractivity contribution in [3.63, 3.8) is 0 Å². The number of aliphatic carboxylic acids is 1. The fraction of sp³-hybridized carbons (Fsp3) is 0.474. The minimum absolute atomic E-state index is 0.00521. The summed E-state index contributed by atoms with van der Waals surface area (Å²) in [6.45, 7) is 1.80. The maximum Gasteiger partial charge on any atom is 0.326 e. The number of carbonyl (C=O) groups excluding carboxylic acids is 3. The van der Waals surface area contributed by atoms with Gasteiger partial charge in [-0.25, -0.2) is 4.79 Å². The fourth-order valence-electron chi connectivity index (χ4n) is 2.47. The molecule has 0 aromatic heterocycles. The standard InChI is InChI=1S/C19H28N4O7/c1-10(20)16(26)23-15(11(2)25)18(28)22-14(9-24)17(27)21-13(19(29)30)8-12-6-4-3-5-7-12/h3-7,10-11,13-15,24-25H,8-9,20H2,1-2H3,(H,21,27)(H,22,28)(H,23,26)(H,29,30). The lowest BCUT2D eigenvalue weighted by molar-refractivity contribution is -0.142. The first-order chi connectivity index (χ1) is 14.1. The molecule has 0 aliphatic carbocycles. The van der Waals surface area contributed by atoms with Crippen LogP contribution in [-0.4, -0.2) is 75.9 Å². The first kappa shape index (κ1) is 25.0. The maximum absolute atomic E-state index is 12.4. The molecule has 8 N–H and O–H groups in total. The molecule has 166 valence electrons. The average molecular weight is 424 g/mol. The molecule has 0 heterocycles. The van der Waals surface area contributed by atoms with Gasteiger partial charge < -0.3 is 37.0 Å². The number of nitrogens with two attached hydrogens (primary N) is 1. The summed E-state index contributed by atoms with van der Waals surface area (Å²) >= 11 is 0. The predicted molar refractivity (Wildman–Crippen MR) is 106 cm³/mol. The number of nitrogens with one attached hydrogen (secondary N) is 3. The van der Waals surface area contributed by atoms with Crippen molar-refractivity contribution in [2.45, 2.75) is 50.5 Å². The summed E-state index contributed by atoms with van der Waals surface area (Å²) in [7, 11) is 0. The van der Waals surface area contributed by atoms with Crippen LogP contribution in [0.2, 0.25) is 0 Å². The number of aliphatic hydroxyl groups is 2. The molecule has 0 aliphatic rings. The van der Waals surface area contributed by atoms with E-state index in [0.717, 1.165) is 0 Å². The fourth-order valence-corrected chi connectivity index (χ4v) is 2.47. The van der Waals surface area contributed by atoms with E-state index in [0.29, 0.717) is 5.56 Å². The van der Waals surface area contributed by atoms with Crippen molar-refractivity contribution in [1.29, 1.82) is 0 Å². The molecular formula is C19H28N4O7. The second-order valence-corrected chi connectivity index (χ2v) is 6.85. The quantitative estimate of drug-likeness (QED) is 0.202. The first-order valence-corrected chi connectivity index (χ1v) is 9.29. The molecule has 0 saturated heterocycles. The van der Waals surface area contributed by atoms with E-state index in [-0.39, 0.29) is 6.42 Å². The monoisotopic (exact) mass is 424 g/mol. The van der Waals surface area contributed by atoms with Gasteiger partial charge in [0.2, 0.25) is 17.7 Å². The van der Waals surface area contributed by atoms with Crippen LogP contribution in [0.3, 0.4) is 0 Å². The summed E-state index contributed by atoms with van der Waals surface area (Å²) in [6.07, 6.45) is -1.32.